The SMILES string of the molecule is Cc1cc(C#CC(C)(C)O)cs1. The van der Waals surface area contributed by atoms with Crippen LogP contribution in [0.5, 0.6) is 0 Å². The molecule has 0 aliphatic rings. The summed E-state index contributed by atoms with van der Waals surface area (Å²) in [5, 5.41) is 11.3. The van der Waals surface area contributed by atoms with Crippen molar-refractivity contribution in [2.75, 3.05) is 0 Å². The van der Waals surface area contributed by atoms with E-state index in [1.807, 2.05) is 18.4 Å². The van der Waals surface area contributed by atoms with E-state index in [9.17, 15) is 5.11 Å². The van der Waals surface area contributed by atoms with E-state index in [0.29, 0.717) is 0 Å². The van der Waals surface area contributed by atoms with Crippen LogP contribution in [0.3, 0.4) is 0 Å². The van der Waals surface area contributed by atoms with Gasteiger partial charge in [0.25, 0.3) is 0 Å². The van der Waals surface area contributed by atoms with E-state index in [0.717, 1.165) is 5.56 Å². The van der Waals surface area contributed by atoms with Crippen molar-refractivity contribution in [2.45, 2.75) is 26.4 Å². The summed E-state index contributed by atoms with van der Waals surface area (Å²) in [7, 11) is 0. The van der Waals surface area contributed by atoms with Crippen LogP contribution in [0, 0.1) is 18.8 Å². The molecule has 0 amide bonds. The standard InChI is InChI=1S/C10H12OS/c1-8-6-9(7-12-8)4-5-10(2,3)11/h6-7,11H,1-3H3. The highest BCUT2D eigenvalue weighted by Crippen LogP contribution is 2.11. The monoisotopic (exact) mass is 180 g/mol. The average molecular weight is 180 g/mol. The van der Waals surface area contributed by atoms with Gasteiger partial charge in [0.2, 0.25) is 0 Å². The summed E-state index contributed by atoms with van der Waals surface area (Å²) in [6.45, 7) is 5.40. The van der Waals surface area contributed by atoms with Crippen molar-refractivity contribution < 1.29 is 5.11 Å². The minimum atomic E-state index is -0.893. The summed E-state index contributed by atoms with van der Waals surface area (Å²) in [4.78, 5) is 1.25. The third-order valence-electron chi connectivity index (χ3n) is 1.24. The third-order valence-corrected chi connectivity index (χ3v) is 2.10. The Bertz CT molecular complexity index is 320. The van der Waals surface area contributed by atoms with Crippen LogP contribution in [-0.4, -0.2) is 10.7 Å². The summed E-state index contributed by atoms with van der Waals surface area (Å²) in [5.74, 6) is 5.68. The molecule has 1 N–H and O–H groups in total. The Labute approximate surface area is 77.1 Å². The van der Waals surface area contributed by atoms with Gasteiger partial charge in [-0.1, -0.05) is 11.8 Å². The quantitative estimate of drug-likeness (QED) is 0.607. The Balaban J connectivity index is 2.80. The fraction of sp³-hybridized carbons (Fsp3) is 0.400. The molecule has 0 aromatic carbocycles. The smallest absolute Gasteiger partial charge is 0.120 e. The number of rotatable bonds is 0. The molecule has 0 saturated heterocycles. The molecule has 2 heteroatoms. The number of aryl methyl sites for hydroxylation is 1. The van der Waals surface area contributed by atoms with Crippen molar-refractivity contribution in [1.82, 2.24) is 0 Å². The molecule has 0 radical (unpaired) electrons. The van der Waals surface area contributed by atoms with E-state index >= 15 is 0 Å². The van der Waals surface area contributed by atoms with Crippen LogP contribution in [-0.2, 0) is 0 Å². The Morgan fingerprint density at radius 1 is 1.50 bits per heavy atom. The predicted molar refractivity (Wildman–Crippen MR) is 52.2 cm³/mol. The molecule has 0 atom stereocenters. The second kappa shape index (κ2) is 3.30. The van der Waals surface area contributed by atoms with E-state index < -0.39 is 5.60 Å². The fourth-order valence-corrected chi connectivity index (χ4v) is 1.37. The van der Waals surface area contributed by atoms with E-state index in [-0.39, 0.29) is 0 Å². The van der Waals surface area contributed by atoms with E-state index in [4.69, 9.17) is 0 Å². The van der Waals surface area contributed by atoms with Crippen LogP contribution in [0.25, 0.3) is 0 Å². The Kier molecular flexibility index (Phi) is 2.56. The highest BCUT2D eigenvalue weighted by molar-refractivity contribution is 7.10. The van der Waals surface area contributed by atoms with Crippen LogP contribution < -0.4 is 0 Å². The molecule has 0 aliphatic carbocycles. The number of hydrogen-bond donors (Lipinski definition) is 1. The predicted octanol–water partition coefficient (Wildman–Crippen LogP) is 2.18. The molecule has 1 rings (SSSR count). The Hall–Kier alpha value is -0.780. The molecule has 0 aliphatic heterocycles. The lowest BCUT2D eigenvalue weighted by Gasteiger charge is -2.05. The molecule has 1 aromatic rings. The Morgan fingerprint density at radius 2 is 2.17 bits per heavy atom. The van der Waals surface area contributed by atoms with Gasteiger partial charge in [-0.2, -0.15) is 0 Å². The van der Waals surface area contributed by atoms with Crippen LogP contribution in [0.4, 0.5) is 0 Å². The second-order valence-electron chi connectivity index (χ2n) is 3.26. The first-order valence-electron chi connectivity index (χ1n) is 3.78. The van der Waals surface area contributed by atoms with Gasteiger partial charge in [0.05, 0.1) is 0 Å². The summed E-state index contributed by atoms with van der Waals surface area (Å²) in [6, 6.07) is 2.02. The average Bonchev–Trinajstić information content (AvgIpc) is 2.30. The molecule has 12 heavy (non-hydrogen) atoms. The van der Waals surface area contributed by atoms with Crippen molar-refractivity contribution in [3.05, 3.63) is 21.9 Å². The summed E-state index contributed by atoms with van der Waals surface area (Å²) < 4.78 is 0. The van der Waals surface area contributed by atoms with Gasteiger partial charge in [-0.3, -0.25) is 0 Å². The van der Waals surface area contributed by atoms with E-state index in [1.165, 1.54) is 4.88 Å². The van der Waals surface area contributed by atoms with Crippen molar-refractivity contribution in [2.24, 2.45) is 0 Å². The van der Waals surface area contributed by atoms with Crippen molar-refractivity contribution in [3.8, 4) is 11.8 Å². The molecule has 64 valence electrons. The van der Waals surface area contributed by atoms with E-state index in [2.05, 4.69) is 11.8 Å². The lowest BCUT2D eigenvalue weighted by atomic mass is 10.1. The number of aliphatic hydroxyl groups is 1. The highest BCUT2D eigenvalue weighted by Gasteiger charge is 2.05. The zero-order chi connectivity index (χ0) is 9.19. The topological polar surface area (TPSA) is 20.2 Å². The molecule has 1 aromatic heterocycles. The minimum Gasteiger partial charge on any atom is -0.378 e. The van der Waals surface area contributed by atoms with Gasteiger partial charge >= 0.3 is 0 Å². The molecule has 0 spiro atoms. The zero-order valence-electron chi connectivity index (χ0n) is 7.51. The molecule has 0 saturated carbocycles. The molecule has 0 fully saturated rings. The third kappa shape index (κ3) is 3.08. The van der Waals surface area contributed by atoms with Gasteiger partial charge in [0.15, 0.2) is 0 Å². The van der Waals surface area contributed by atoms with Crippen LogP contribution in [0.15, 0.2) is 11.4 Å². The van der Waals surface area contributed by atoms with Crippen molar-refractivity contribution in [1.29, 1.82) is 0 Å². The van der Waals surface area contributed by atoms with Gasteiger partial charge in [-0.15, -0.1) is 11.3 Å². The highest BCUT2D eigenvalue weighted by atomic mass is 32.1. The lowest BCUT2D eigenvalue weighted by molar-refractivity contribution is 0.143. The summed E-state index contributed by atoms with van der Waals surface area (Å²) >= 11 is 1.67. The number of thiophene rings is 1. The fourth-order valence-electron chi connectivity index (χ4n) is 0.734. The maximum Gasteiger partial charge on any atom is 0.120 e. The molecule has 0 unspecified atom stereocenters. The van der Waals surface area contributed by atoms with Crippen molar-refractivity contribution in [3.63, 3.8) is 0 Å². The molecular formula is C10H12OS. The van der Waals surface area contributed by atoms with Gasteiger partial charge in [-0.05, 0) is 26.8 Å². The maximum atomic E-state index is 9.32. The zero-order valence-corrected chi connectivity index (χ0v) is 8.33. The largest absolute Gasteiger partial charge is 0.378 e. The van der Waals surface area contributed by atoms with Crippen LogP contribution >= 0.6 is 11.3 Å². The van der Waals surface area contributed by atoms with E-state index in [1.54, 1.807) is 25.2 Å². The minimum absolute atomic E-state index is 0.893. The van der Waals surface area contributed by atoms with Gasteiger partial charge in [-0.25, -0.2) is 0 Å². The maximum absolute atomic E-state index is 9.32. The molecular weight excluding hydrogens is 168 g/mol. The van der Waals surface area contributed by atoms with Crippen LogP contribution in [0.1, 0.15) is 24.3 Å². The summed E-state index contributed by atoms with van der Waals surface area (Å²) in [6.07, 6.45) is 0. The second-order valence-corrected chi connectivity index (χ2v) is 4.37. The van der Waals surface area contributed by atoms with Gasteiger partial charge < -0.3 is 5.11 Å². The first-order chi connectivity index (χ1) is 5.47. The first kappa shape index (κ1) is 9.31. The normalized spacial score (nSPS) is 10.7. The summed E-state index contributed by atoms with van der Waals surface area (Å²) in [5.41, 5.74) is 0.0927. The molecule has 0 bridgehead atoms. The Morgan fingerprint density at radius 3 is 2.58 bits per heavy atom. The van der Waals surface area contributed by atoms with Gasteiger partial charge in [0.1, 0.15) is 5.60 Å². The van der Waals surface area contributed by atoms with Crippen molar-refractivity contribution >= 4 is 11.3 Å². The number of hydrogen-bond acceptors (Lipinski definition) is 2. The first-order valence-corrected chi connectivity index (χ1v) is 4.66. The van der Waals surface area contributed by atoms with Gasteiger partial charge in [0, 0.05) is 15.8 Å². The molecule has 1 nitrogen and oxygen atoms in total. The lowest BCUT2D eigenvalue weighted by Crippen LogP contribution is -2.14. The van der Waals surface area contributed by atoms with Crippen LogP contribution in [0.2, 0.25) is 0 Å². The molecule has 1 heterocycles.